The van der Waals surface area contributed by atoms with Crippen LogP contribution in [-0.4, -0.2) is 82.7 Å². The summed E-state index contributed by atoms with van der Waals surface area (Å²) in [5, 5.41) is 7.64. The zero-order valence-corrected chi connectivity index (χ0v) is 22.5. The number of halogens is 6. The number of aromatic amines is 1. The lowest BCUT2D eigenvalue weighted by molar-refractivity contribution is -0.138. The maximum Gasteiger partial charge on any atom is 0.423 e. The summed E-state index contributed by atoms with van der Waals surface area (Å²) in [5.74, 6) is -0.884. The molecular weight excluding hydrogens is 584 g/mol. The van der Waals surface area contributed by atoms with E-state index in [1.54, 1.807) is 5.10 Å². The number of carbonyl (C=O) groups is 2. The number of H-pyrrole nitrogens is 1. The van der Waals surface area contributed by atoms with E-state index in [4.69, 9.17) is 4.74 Å². The van der Waals surface area contributed by atoms with Gasteiger partial charge in [-0.25, -0.2) is 10.1 Å². The van der Waals surface area contributed by atoms with Crippen molar-refractivity contribution in [2.45, 2.75) is 36.6 Å². The van der Waals surface area contributed by atoms with Crippen LogP contribution >= 0.6 is 12.6 Å². The molecule has 0 aromatic carbocycles. The second-order valence-corrected chi connectivity index (χ2v) is 10.3. The molecule has 0 bridgehead atoms. The second kappa shape index (κ2) is 11.0. The smallest absolute Gasteiger partial charge is 0.379 e. The van der Waals surface area contributed by atoms with E-state index in [0.717, 1.165) is 17.2 Å². The summed E-state index contributed by atoms with van der Waals surface area (Å²) in [6, 6.07) is 0.161. The van der Waals surface area contributed by atoms with Crippen molar-refractivity contribution in [3.8, 4) is 0 Å². The Morgan fingerprint density at radius 2 is 1.90 bits per heavy atom. The Bertz CT molecular complexity index is 1390. The molecule has 41 heavy (non-hydrogen) atoms. The average molecular weight is 610 g/mol. The van der Waals surface area contributed by atoms with E-state index in [1.165, 1.54) is 23.8 Å². The number of carbonyl (C=O) groups excluding carboxylic acids is 2. The van der Waals surface area contributed by atoms with Gasteiger partial charge in [-0.1, -0.05) is 0 Å². The summed E-state index contributed by atoms with van der Waals surface area (Å²) in [6.45, 7) is 1.35. The molecule has 4 heterocycles. The number of amides is 2. The molecule has 2 atom stereocenters. The zero-order valence-electron chi connectivity index (χ0n) is 21.6. The number of nitrogens with one attached hydrogen (secondary N) is 2. The molecule has 2 amide bonds. The van der Waals surface area contributed by atoms with Gasteiger partial charge in [-0.3, -0.25) is 14.4 Å². The van der Waals surface area contributed by atoms with Gasteiger partial charge in [0.15, 0.2) is 10.7 Å². The molecule has 2 N–H and O–H groups in total. The molecule has 2 aliphatic rings. The van der Waals surface area contributed by atoms with E-state index in [9.17, 15) is 40.7 Å². The van der Waals surface area contributed by atoms with Crippen molar-refractivity contribution in [2.24, 2.45) is 0 Å². The molecule has 0 saturated carbocycles. The highest BCUT2D eigenvalue weighted by molar-refractivity contribution is 7.83. The zero-order chi connectivity index (χ0) is 30.3. The first-order chi connectivity index (χ1) is 19.0. The average Bonchev–Trinajstić information content (AvgIpc) is 2.88. The number of rotatable bonds is 7. The molecule has 0 spiro atoms. The van der Waals surface area contributed by atoms with Gasteiger partial charge in [-0.15, -0.1) is 12.6 Å². The van der Waals surface area contributed by atoms with Crippen LogP contribution in [0.5, 0.6) is 0 Å². The number of likely N-dealkylation sites (N-methyl/N-ethyl adjacent to an activating group) is 1. The van der Waals surface area contributed by atoms with Gasteiger partial charge in [0.25, 0.3) is 11.5 Å². The number of piperazine rings is 1. The molecule has 0 aliphatic carbocycles. The molecule has 18 heteroatoms. The van der Waals surface area contributed by atoms with Crippen molar-refractivity contribution in [3.63, 3.8) is 0 Å². The molecule has 1 saturated heterocycles. The lowest BCUT2D eigenvalue weighted by Crippen LogP contribution is -2.69. The summed E-state index contributed by atoms with van der Waals surface area (Å²) in [6.07, 6.45) is -8.15. The van der Waals surface area contributed by atoms with Crippen LogP contribution in [0.3, 0.4) is 0 Å². The SMILES string of the molecule is C[C@@H](COCCC(=O)N1CCN2c3ncc(C(F)(F)F)cc3N(C)C(=O)[C@@]2(S)C1)Nc1cn[nH]c(=O)c1C(F)(F)F. The van der Waals surface area contributed by atoms with Gasteiger partial charge in [-0.2, -0.15) is 31.4 Å². The number of aromatic nitrogens is 3. The Morgan fingerprint density at radius 3 is 2.56 bits per heavy atom. The number of nitrogens with zero attached hydrogens (tertiary/aromatic N) is 5. The summed E-state index contributed by atoms with van der Waals surface area (Å²) >= 11 is 4.54. The lowest BCUT2D eigenvalue weighted by Gasteiger charge is -2.52. The highest BCUT2D eigenvalue weighted by Gasteiger charge is 2.53. The molecule has 1 fully saturated rings. The molecule has 224 valence electrons. The Balaban J connectivity index is 1.34. The predicted octanol–water partition coefficient (Wildman–Crippen LogP) is 2.36. The third-order valence-electron chi connectivity index (χ3n) is 6.61. The first kappa shape index (κ1) is 30.4. The fourth-order valence-corrected chi connectivity index (χ4v) is 5.14. The molecular formula is C23H25F6N7O4S. The maximum absolute atomic E-state index is 13.2. The number of thiol groups is 1. The van der Waals surface area contributed by atoms with E-state index >= 15 is 0 Å². The van der Waals surface area contributed by atoms with Gasteiger partial charge in [0.2, 0.25) is 5.91 Å². The summed E-state index contributed by atoms with van der Waals surface area (Å²) < 4.78 is 84.6. The third-order valence-corrected chi connectivity index (χ3v) is 7.19. The van der Waals surface area contributed by atoms with Crippen LogP contribution in [0, 0.1) is 0 Å². The van der Waals surface area contributed by atoms with Crippen molar-refractivity contribution in [1.82, 2.24) is 20.1 Å². The van der Waals surface area contributed by atoms with Gasteiger partial charge in [-0.05, 0) is 13.0 Å². The van der Waals surface area contributed by atoms with Crippen molar-refractivity contribution in [1.29, 1.82) is 0 Å². The number of ether oxygens (including phenoxy) is 1. The lowest BCUT2D eigenvalue weighted by atomic mass is 10.0. The summed E-state index contributed by atoms with van der Waals surface area (Å²) in [5.41, 5.74) is -4.36. The van der Waals surface area contributed by atoms with Gasteiger partial charge in [0.05, 0.1) is 49.3 Å². The van der Waals surface area contributed by atoms with Gasteiger partial charge in [0.1, 0.15) is 5.56 Å². The fraction of sp³-hybridized carbons (Fsp3) is 0.522. The molecule has 2 aromatic heterocycles. The Kier molecular flexibility index (Phi) is 8.19. The molecule has 0 unspecified atom stereocenters. The van der Waals surface area contributed by atoms with E-state index < -0.39 is 57.5 Å². The number of anilines is 3. The largest absolute Gasteiger partial charge is 0.423 e. The van der Waals surface area contributed by atoms with Crippen molar-refractivity contribution in [2.75, 3.05) is 55.0 Å². The quantitative estimate of drug-likeness (QED) is 0.249. The van der Waals surface area contributed by atoms with E-state index in [1.807, 2.05) is 0 Å². The molecule has 2 aliphatic heterocycles. The minimum Gasteiger partial charge on any atom is -0.379 e. The molecule has 2 aromatic rings. The topological polar surface area (TPSA) is 124 Å². The number of hydrogen-bond acceptors (Lipinski definition) is 9. The number of alkyl halides is 6. The van der Waals surface area contributed by atoms with Crippen molar-refractivity contribution in [3.05, 3.63) is 39.9 Å². The van der Waals surface area contributed by atoms with E-state index in [2.05, 4.69) is 28.0 Å². The van der Waals surface area contributed by atoms with Gasteiger partial charge in [0, 0.05) is 32.4 Å². The summed E-state index contributed by atoms with van der Waals surface area (Å²) in [7, 11) is 1.31. The van der Waals surface area contributed by atoms with Crippen LogP contribution in [-0.2, 0) is 26.7 Å². The van der Waals surface area contributed by atoms with E-state index in [-0.39, 0.29) is 50.8 Å². The first-order valence-corrected chi connectivity index (χ1v) is 12.6. The highest BCUT2D eigenvalue weighted by atomic mass is 32.1. The van der Waals surface area contributed by atoms with Crippen LogP contribution in [0.2, 0.25) is 0 Å². The van der Waals surface area contributed by atoms with Crippen molar-refractivity contribution < 1.29 is 40.7 Å². The van der Waals surface area contributed by atoms with Gasteiger partial charge < -0.3 is 24.8 Å². The predicted molar refractivity (Wildman–Crippen MR) is 137 cm³/mol. The van der Waals surface area contributed by atoms with Gasteiger partial charge >= 0.3 is 12.4 Å². The maximum atomic E-state index is 13.2. The fourth-order valence-electron chi connectivity index (χ4n) is 4.62. The Hall–Kier alpha value is -3.54. The van der Waals surface area contributed by atoms with Crippen molar-refractivity contribution >= 4 is 41.6 Å². The monoisotopic (exact) mass is 609 g/mol. The number of fused-ring (bicyclic) bond motifs is 3. The second-order valence-electron chi connectivity index (χ2n) is 9.57. The van der Waals surface area contributed by atoms with E-state index in [0.29, 0.717) is 6.20 Å². The van der Waals surface area contributed by atoms with Crippen LogP contribution in [0.15, 0.2) is 23.3 Å². The normalized spacial score (nSPS) is 20.0. The van der Waals surface area contributed by atoms with Crippen LogP contribution < -0.4 is 20.7 Å². The number of hydrogen-bond donors (Lipinski definition) is 3. The molecule has 0 radical (unpaired) electrons. The van der Waals surface area contributed by atoms with Crippen LogP contribution in [0.1, 0.15) is 24.5 Å². The minimum atomic E-state index is -4.90. The minimum absolute atomic E-state index is 0.0244. The molecule has 4 rings (SSSR count). The Morgan fingerprint density at radius 1 is 1.20 bits per heavy atom. The molecule has 11 nitrogen and oxygen atoms in total. The standard InChI is InChI=1S/C23H25F6N7O4S/c1-12(32-14-9-31-33-19(38)17(14)23(27,28)29)10-40-6-3-16(37)35-4-5-36-18-15(7-13(8-30-18)22(24,25)26)34(2)20(39)21(36,41)11-35/h7-9,12,41H,3-6,10-11H2,1-2H3,(H2,32,33,38)/t12-,21-/m0/s1. The van der Waals surface area contributed by atoms with Crippen LogP contribution in [0.4, 0.5) is 43.5 Å². The first-order valence-electron chi connectivity index (χ1n) is 12.2. The van der Waals surface area contributed by atoms with Crippen LogP contribution in [0.25, 0.3) is 0 Å². The summed E-state index contributed by atoms with van der Waals surface area (Å²) in [4.78, 5) is 43.9. The Labute approximate surface area is 234 Å². The highest BCUT2D eigenvalue weighted by Crippen LogP contribution is 2.44. The number of pyridine rings is 1. The third kappa shape index (κ3) is 6.07.